The number of rotatable bonds is 5. The molecule has 0 aliphatic carbocycles. The van der Waals surface area contributed by atoms with Gasteiger partial charge in [0.05, 0.1) is 0 Å². The van der Waals surface area contributed by atoms with Gasteiger partial charge in [0, 0.05) is 0 Å². The van der Waals surface area contributed by atoms with Crippen LogP contribution in [0.3, 0.4) is 0 Å². The van der Waals surface area contributed by atoms with E-state index < -0.39 is 34.7 Å². The summed E-state index contributed by atoms with van der Waals surface area (Å²) in [4.78, 5) is 28.5. The van der Waals surface area contributed by atoms with Crippen LogP contribution in [0.1, 0.15) is 6.92 Å². The van der Waals surface area contributed by atoms with Crippen LogP contribution in [0.15, 0.2) is 46.8 Å². The van der Waals surface area contributed by atoms with Crippen LogP contribution < -0.4 is 9.84 Å². The van der Waals surface area contributed by atoms with Crippen LogP contribution in [-0.4, -0.2) is 44.9 Å². The molecule has 0 radical (unpaired) electrons. The van der Waals surface area contributed by atoms with Crippen molar-refractivity contribution in [3.8, 4) is 5.75 Å². The Morgan fingerprint density at radius 2 is 2.13 bits per heavy atom. The van der Waals surface area contributed by atoms with Crippen LogP contribution in [0, 0.1) is 0 Å². The number of nitrogens with zero attached hydrogens (tertiary/aromatic N) is 2. The monoisotopic (exact) mass is 333 g/mol. The van der Waals surface area contributed by atoms with Gasteiger partial charge in [-0.2, -0.15) is 0 Å². The Morgan fingerprint density at radius 3 is 2.74 bits per heavy atom. The third-order valence-corrected chi connectivity index (χ3v) is 4.64. The summed E-state index contributed by atoms with van der Waals surface area (Å²) in [6.07, 6.45) is 0. The number of carbonyl (C=O) groups is 2. The van der Waals surface area contributed by atoms with Gasteiger partial charge in [0.25, 0.3) is 5.91 Å². The van der Waals surface area contributed by atoms with Gasteiger partial charge >= 0.3 is 5.97 Å². The molecule has 0 aromatic heterocycles. The van der Waals surface area contributed by atoms with Crippen molar-refractivity contribution in [3.63, 3.8) is 0 Å². The molecule has 0 bridgehead atoms. The number of fused-ring (bicyclic) bond motifs is 1. The summed E-state index contributed by atoms with van der Waals surface area (Å²) in [5, 5.41) is 20.7. The Morgan fingerprint density at radius 1 is 1.43 bits per heavy atom. The van der Waals surface area contributed by atoms with Gasteiger partial charge in [-0.3, -0.25) is 14.7 Å². The zero-order valence-electron chi connectivity index (χ0n) is 12.1. The number of thioether (sulfide) groups is 1. The number of ether oxygens (including phenoxy) is 1. The lowest BCUT2D eigenvalue weighted by Gasteiger charge is -2.42. The summed E-state index contributed by atoms with van der Waals surface area (Å²) < 4.78 is 5.57. The number of β-lactam (4-membered cyclic amide) rings is 1. The molecule has 1 saturated heterocycles. The number of hydrogen-bond donors (Lipinski definition) is 1. The molecule has 8 heteroatoms. The van der Waals surface area contributed by atoms with Crippen molar-refractivity contribution in [2.45, 2.75) is 18.3 Å². The Balaban J connectivity index is 1.67. The van der Waals surface area contributed by atoms with Gasteiger partial charge in [-0.15, -0.1) is 5.76 Å². The van der Waals surface area contributed by atoms with Gasteiger partial charge in [0.15, 0.2) is 6.04 Å². The van der Waals surface area contributed by atoms with Crippen molar-refractivity contribution in [2.24, 2.45) is 4.99 Å². The normalized spacial score (nSPS) is 23.6. The van der Waals surface area contributed by atoms with E-state index in [-0.39, 0.29) is 6.61 Å². The van der Waals surface area contributed by atoms with E-state index in [1.54, 1.807) is 12.1 Å². The zero-order chi connectivity index (χ0) is 16.6. The minimum atomic E-state index is -1.40. The summed E-state index contributed by atoms with van der Waals surface area (Å²) in [6, 6.07) is 8.53. The number of aliphatic imine (C=N–C) groups is 1. The van der Waals surface area contributed by atoms with Crippen molar-refractivity contribution >= 4 is 28.7 Å². The number of carbonyl (C=O) groups excluding carboxylic acids is 1. The van der Waals surface area contributed by atoms with Gasteiger partial charge < -0.3 is 14.9 Å². The second-order valence-corrected chi connectivity index (χ2v) is 6.19. The van der Waals surface area contributed by atoms with Crippen molar-refractivity contribution < 1.29 is 24.5 Å². The van der Waals surface area contributed by atoms with E-state index >= 15 is 0 Å². The predicted molar refractivity (Wildman–Crippen MR) is 81.7 cm³/mol. The first-order chi connectivity index (χ1) is 11.0. The van der Waals surface area contributed by atoms with Crippen molar-refractivity contribution in [3.05, 3.63) is 41.8 Å². The van der Waals surface area contributed by atoms with E-state index in [0.29, 0.717) is 10.8 Å². The van der Waals surface area contributed by atoms with E-state index in [4.69, 9.17) is 9.84 Å². The Kier molecular flexibility index (Phi) is 3.99. The lowest BCUT2D eigenvalue weighted by Crippen LogP contribution is -2.61. The number of para-hydroxylation sites is 1. The first kappa shape index (κ1) is 15.4. The molecule has 1 fully saturated rings. The number of carboxylic acids is 1. The summed E-state index contributed by atoms with van der Waals surface area (Å²) >= 11 is 1.25. The molecule has 2 aliphatic rings. The minimum absolute atomic E-state index is 0.200. The molecule has 1 aromatic rings. The number of aliphatic carboxylic acids is 1. The maximum absolute atomic E-state index is 12.0. The largest absolute Gasteiger partial charge is 0.874 e. The molecule has 3 rings (SSSR count). The Labute approximate surface area is 136 Å². The molecular weight excluding hydrogens is 320 g/mol. The number of carboxylic acid groups (broad SMARTS) is 1. The van der Waals surface area contributed by atoms with E-state index in [2.05, 4.69) is 4.99 Å². The fourth-order valence-corrected chi connectivity index (χ4v) is 3.60. The molecule has 2 aliphatic heterocycles. The van der Waals surface area contributed by atoms with Gasteiger partial charge in [-0.25, -0.2) is 4.79 Å². The van der Waals surface area contributed by atoms with Crippen molar-refractivity contribution in [2.75, 3.05) is 6.61 Å². The highest BCUT2D eigenvalue weighted by atomic mass is 32.2. The number of allylic oxidation sites excluding steroid dienone is 1. The van der Waals surface area contributed by atoms with E-state index in [0.717, 1.165) is 11.8 Å². The first-order valence-corrected chi connectivity index (χ1v) is 7.72. The van der Waals surface area contributed by atoms with Crippen molar-refractivity contribution in [1.29, 1.82) is 0 Å². The average Bonchev–Trinajstić information content (AvgIpc) is 2.90. The molecular formula is C15H13N2O5S-. The van der Waals surface area contributed by atoms with E-state index in [1.807, 2.05) is 18.2 Å². The predicted octanol–water partition coefficient (Wildman–Crippen LogP) is 0.424. The van der Waals surface area contributed by atoms with Crippen LogP contribution in [0.25, 0.3) is 0 Å². The smallest absolute Gasteiger partial charge is 0.351 e. The fraction of sp³-hybridized carbons (Fsp3) is 0.267. The topological polar surface area (TPSA) is 102 Å². The standard InChI is InChI=1S/C15H14N2O5S/c1-8(18)12(15(20)21)17-13(19)11-14(17)23-10(16-11)7-22-9-5-3-2-4-6-9/h2-6,11,14,18H,7H2,1H3,(H,20,21)/p-1. The van der Waals surface area contributed by atoms with E-state index in [1.165, 1.54) is 11.8 Å². The number of hydrogen-bond acceptors (Lipinski definition) is 6. The number of amides is 1. The maximum Gasteiger partial charge on any atom is 0.351 e. The second kappa shape index (κ2) is 5.96. The molecule has 2 atom stereocenters. The quantitative estimate of drug-likeness (QED) is 0.476. The number of benzene rings is 1. The molecule has 1 aromatic carbocycles. The molecule has 120 valence electrons. The maximum atomic E-state index is 12.0. The summed E-state index contributed by atoms with van der Waals surface area (Å²) in [5.41, 5.74) is -0.510. The van der Waals surface area contributed by atoms with Crippen LogP contribution in [0.4, 0.5) is 0 Å². The Bertz CT molecular complexity index is 712. The minimum Gasteiger partial charge on any atom is -0.874 e. The molecule has 7 nitrogen and oxygen atoms in total. The van der Waals surface area contributed by atoms with Crippen LogP contribution >= 0.6 is 11.8 Å². The van der Waals surface area contributed by atoms with Gasteiger partial charge in [0.2, 0.25) is 0 Å². The van der Waals surface area contributed by atoms with Gasteiger partial charge in [-0.05, 0) is 12.1 Å². The third-order valence-electron chi connectivity index (χ3n) is 3.44. The van der Waals surface area contributed by atoms with Gasteiger partial charge in [-0.1, -0.05) is 36.9 Å². The lowest BCUT2D eigenvalue weighted by molar-refractivity contribution is -0.305. The molecule has 1 N–H and O–H groups in total. The highest BCUT2D eigenvalue weighted by Gasteiger charge is 2.54. The average molecular weight is 333 g/mol. The molecule has 1 amide bonds. The molecule has 2 unspecified atom stereocenters. The number of likely N-dealkylation sites (tertiary alicyclic amines) is 1. The SMILES string of the molecule is CC([O-])=C(C(=O)O)N1C(=O)C2N=C(COc3ccccc3)SC21. The molecule has 0 saturated carbocycles. The van der Waals surface area contributed by atoms with Crippen molar-refractivity contribution in [1.82, 2.24) is 4.90 Å². The highest BCUT2D eigenvalue weighted by molar-refractivity contribution is 8.15. The summed E-state index contributed by atoms with van der Waals surface area (Å²) in [6.45, 7) is 1.33. The van der Waals surface area contributed by atoms with Gasteiger partial charge in [0.1, 0.15) is 28.5 Å². The van der Waals surface area contributed by atoms with Crippen LogP contribution in [-0.2, 0) is 9.59 Å². The molecule has 2 heterocycles. The summed E-state index contributed by atoms with van der Waals surface area (Å²) in [5.74, 6) is -1.85. The highest BCUT2D eigenvalue weighted by Crippen LogP contribution is 2.41. The Hall–Kier alpha value is -2.48. The molecule has 23 heavy (non-hydrogen) atoms. The lowest BCUT2D eigenvalue weighted by atomic mass is 10.1. The van der Waals surface area contributed by atoms with Crippen LogP contribution in [0.2, 0.25) is 0 Å². The third kappa shape index (κ3) is 2.77. The fourth-order valence-electron chi connectivity index (χ4n) is 2.40. The van der Waals surface area contributed by atoms with E-state index in [9.17, 15) is 14.7 Å². The second-order valence-electron chi connectivity index (χ2n) is 5.00. The zero-order valence-corrected chi connectivity index (χ0v) is 12.9. The van der Waals surface area contributed by atoms with Crippen LogP contribution in [0.5, 0.6) is 5.75 Å². The summed E-state index contributed by atoms with van der Waals surface area (Å²) in [7, 11) is 0. The first-order valence-electron chi connectivity index (χ1n) is 6.84. The molecule has 0 spiro atoms.